The third-order valence-corrected chi connectivity index (χ3v) is 4.67. The molecule has 2 atom stereocenters. The molecule has 0 aliphatic carbocycles. The molecule has 0 spiro atoms. The maximum Gasteiger partial charge on any atom is 0.186 e. The maximum atomic E-state index is 6.00. The summed E-state index contributed by atoms with van der Waals surface area (Å²) in [4.78, 5) is 15.0. The molecular formula is C19H20BrNO5. The van der Waals surface area contributed by atoms with Gasteiger partial charge in [0.15, 0.2) is 23.2 Å². The molecule has 1 saturated heterocycles. The minimum atomic E-state index is -0.820. The smallest absolute Gasteiger partial charge is 0.186 e. The van der Waals surface area contributed by atoms with Crippen molar-refractivity contribution in [1.82, 2.24) is 4.98 Å². The first kappa shape index (κ1) is 18.8. The second-order valence-corrected chi connectivity index (χ2v) is 6.63. The van der Waals surface area contributed by atoms with Gasteiger partial charge in [0.25, 0.3) is 0 Å². The van der Waals surface area contributed by atoms with E-state index in [1.807, 2.05) is 30.3 Å². The summed E-state index contributed by atoms with van der Waals surface area (Å²) >= 11 is 3.48. The molecule has 0 radical (unpaired) electrons. The largest absolute Gasteiger partial charge is 0.491 e. The molecule has 0 amide bonds. The van der Waals surface area contributed by atoms with Gasteiger partial charge in [0.05, 0.1) is 18.2 Å². The molecule has 7 heteroatoms. The summed E-state index contributed by atoms with van der Waals surface area (Å²) in [5.41, 5.74) is 0.782. The van der Waals surface area contributed by atoms with E-state index in [0.29, 0.717) is 28.3 Å². The van der Waals surface area contributed by atoms with E-state index in [-0.39, 0.29) is 6.61 Å². The number of nitrogens with zero attached hydrogens (tertiary/aromatic N) is 1. The van der Waals surface area contributed by atoms with Crippen LogP contribution in [0.1, 0.15) is 17.4 Å². The van der Waals surface area contributed by atoms with Crippen LogP contribution < -0.4 is 9.47 Å². The predicted octanol–water partition coefficient (Wildman–Crippen LogP) is 4.01. The van der Waals surface area contributed by atoms with Crippen LogP contribution >= 0.6 is 15.9 Å². The Morgan fingerprint density at radius 1 is 1.27 bits per heavy atom. The number of hydrogen-bond donors (Lipinski definition) is 0. The Labute approximate surface area is 160 Å². The monoisotopic (exact) mass is 421 g/mol. The van der Waals surface area contributed by atoms with E-state index in [2.05, 4.69) is 27.5 Å². The lowest BCUT2D eigenvalue weighted by Crippen LogP contribution is -2.52. The second kappa shape index (κ2) is 8.18. The molecule has 2 heterocycles. The van der Waals surface area contributed by atoms with Crippen LogP contribution in [0.5, 0.6) is 11.5 Å². The van der Waals surface area contributed by atoms with Crippen molar-refractivity contribution in [3.8, 4) is 11.5 Å². The zero-order valence-electron chi connectivity index (χ0n) is 14.6. The number of methoxy groups -OCH3 is 2. The molecule has 1 aromatic carbocycles. The molecular weight excluding hydrogens is 402 g/mol. The Bertz CT molecular complexity index is 770. The van der Waals surface area contributed by atoms with Crippen LogP contribution in [0.3, 0.4) is 0 Å². The summed E-state index contributed by atoms with van der Waals surface area (Å²) in [5, 5.41) is 0. The highest BCUT2D eigenvalue weighted by atomic mass is 79.9. The highest BCUT2D eigenvalue weighted by Gasteiger charge is 2.53. The van der Waals surface area contributed by atoms with Crippen LogP contribution in [0, 0.1) is 0 Å². The van der Waals surface area contributed by atoms with E-state index < -0.39 is 11.7 Å². The van der Waals surface area contributed by atoms with Crippen molar-refractivity contribution in [2.75, 3.05) is 20.8 Å². The first-order valence-electron chi connectivity index (χ1n) is 8.01. The summed E-state index contributed by atoms with van der Waals surface area (Å²) in [5.74, 6) is 1.03. The van der Waals surface area contributed by atoms with E-state index in [1.165, 1.54) is 0 Å². The van der Waals surface area contributed by atoms with Gasteiger partial charge in [0, 0.05) is 13.3 Å². The third kappa shape index (κ3) is 3.48. The minimum absolute atomic E-state index is 0.280. The van der Waals surface area contributed by atoms with Crippen molar-refractivity contribution in [1.29, 1.82) is 0 Å². The Balaban J connectivity index is 1.91. The standard InChI is InChI=1S/C19H20BrNO5/c1-4-19(12-22-2)18(25-26-19)15-17(23-3)16(14(20)10-21-15)24-11-13-8-6-5-7-9-13/h4-10,18H,1,11-12H2,2-3H3. The van der Waals surface area contributed by atoms with Crippen LogP contribution in [0.2, 0.25) is 0 Å². The Morgan fingerprint density at radius 2 is 2.04 bits per heavy atom. The molecule has 0 bridgehead atoms. The van der Waals surface area contributed by atoms with Crippen molar-refractivity contribution in [3.05, 3.63) is 64.9 Å². The number of halogens is 1. The number of rotatable bonds is 8. The Morgan fingerprint density at radius 3 is 2.62 bits per heavy atom. The number of ether oxygens (including phenoxy) is 3. The maximum absolute atomic E-state index is 6.00. The summed E-state index contributed by atoms with van der Waals surface area (Å²) < 4.78 is 17.5. The zero-order chi connectivity index (χ0) is 18.6. The van der Waals surface area contributed by atoms with Crippen molar-refractivity contribution >= 4 is 15.9 Å². The molecule has 138 valence electrons. The SMILES string of the molecule is C=CC1(COC)OOC1c1ncc(Br)c(OCc2ccccc2)c1OC. The average molecular weight is 422 g/mol. The van der Waals surface area contributed by atoms with Crippen LogP contribution in [-0.4, -0.2) is 31.4 Å². The second-order valence-electron chi connectivity index (χ2n) is 5.78. The fraction of sp³-hybridized carbons (Fsp3) is 0.316. The summed E-state index contributed by atoms with van der Waals surface area (Å²) in [6.07, 6.45) is 2.79. The summed E-state index contributed by atoms with van der Waals surface area (Å²) in [6.45, 7) is 4.50. The topological polar surface area (TPSA) is 59.0 Å². The molecule has 0 N–H and O–H groups in total. The van der Waals surface area contributed by atoms with E-state index >= 15 is 0 Å². The van der Waals surface area contributed by atoms with Crippen LogP contribution in [0.4, 0.5) is 0 Å². The minimum Gasteiger partial charge on any atom is -0.491 e. The normalized spacial score (nSPS) is 21.7. The van der Waals surface area contributed by atoms with E-state index in [9.17, 15) is 0 Å². The van der Waals surface area contributed by atoms with Gasteiger partial charge in [-0.15, -0.1) is 0 Å². The van der Waals surface area contributed by atoms with Gasteiger partial charge in [-0.2, -0.15) is 0 Å². The molecule has 1 aliphatic heterocycles. The quantitative estimate of drug-likeness (QED) is 0.474. The summed E-state index contributed by atoms with van der Waals surface area (Å²) in [7, 11) is 3.15. The van der Waals surface area contributed by atoms with Gasteiger partial charge < -0.3 is 14.2 Å². The van der Waals surface area contributed by atoms with Crippen molar-refractivity contribution < 1.29 is 24.0 Å². The fourth-order valence-corrected chi connectivity index (χ4v) is 3.14. The van der Waals surface area contributed by atoms with Crippen LogP contribution in [-0.2, 0) is 21.1 Å². The molecule has 3 rings (SSSR count). The molecule has 2 aromatic rings. The predicted molar refractivity (Wildman–Crippen MR) is 99.0 cm³/mol. The van der Waals surface area contributed by atoms with Gasteiger partial charge in [-0.25, -0.2) is 9.78 Å². The molecule has 1 fully saturated rings. The first-order chi connectivity index (χ1) is 12.6. The third-order valence-electron chi connectivity index (χ3n) is 4.11. The lowest BCUT2D eigenvalue weighted by molar-refractivity contribution is -0.506. The van der Waals surface area contributed by atoms with Gasteiger partial charge >= 0.3 is 0 Å². The van der Waals surface area contributed by atoms with Gasteiger partial charge in [-0.3, -0.25) is 4.98 Å². The Kier molecular flexibility index (Phi) is 5.93. The number of aromatic nitrogens is 1. The van der Waals surface area contributed by atoms with Gasteiger partial charge in [0.1, 0.15) is 12.3 Å². The van der Waals surface area contributed by atoms with Crippen molar-refractivity contribution in [2.24, 2.45) is 0 Å². The molecule has 6 nitrogen and oxygen atoms in total. The number of hydrogen-bond acceptors (Lipinski definition) is 6. The van der Waals surface area contributed by atoms with Gasteiger partial charge in [0.2, 0.25) is 0 Å². The molecule has 26 heavy (non-hydrogen) atoms. The van der Waals surface area contributed by atoms with E-state index in [1.54, 1.807) is 26.5 Å². The fourth-order valence-electron chi connectivity index (χ4n) is 2.74. The first-order valence-corrected chi connectivity index (χ1v) is 8.80. The molecule has 0 saturated carbocycles. The van der Waals surface area contributed by atoms with E-state index in [0.717, 1.165) is 5.56 Å². The van der Waals surface area contributed by atoms with Crippen molar-refractivity contribution in [2.45, 2.75) is 18.3 Å². The highest BCUT2D eigenvalue weighted by Crippen LogP contribution is 2.49. The zero-order valence-corrected chi connectivity index (χ0v) is 16.2. The Hall–Kier alpha value is -1.93. The summed E-state index contributed by atoms with van der Waals surface area (Å²) in [6, 6.07) is 9.87. The molecule has 2 unspecified atom stereocenters. The lowest BCUT2D eigenvalue weighted by atomic mass is 9.92. The molecule has 1 aliphatic rings. The number of benzene rings is 1. The molecule has 1 aromatic heterocycles. The van der Waals surface area contributed by atoms with Crippen molar-refractivity contribution in [3.63, 3.8) is 0 Å². The van der Waals surface area contributed by atoms with E-state index in [4.69, 9.17) is 24.0 Å². The van der Waals surface area contributed by atoms with Gasteiger partial charge in [-0.05, 0) is 21.5 Å². The number of pyridine rings is 1. The van der Waals surface area contributed by atoms with Crippen LogP contribution in [0.25, 0.3) is 0 Å². The highest BCUT2D eigenvalue weighted by molar-refractivity contribution is 9.10. The lowest BCUT2D eigenvalue weighted by Gasteiger charge is -2.44. The average Bonchev–Trinajstić information content (AvgIpc) is 2.66. The van der Waals surface area contributed by atoms with Gasteiger partial charge in [-0.1, -0.05) is 43.0 Å². The van der Waals surface area contributed by atoms with Crippen LogP contribution in [0.15, 0.2) is 53.7 Å².